The van der Waals surface area contributed by atoms with Gasteiger partial charge < -0.3 is 14.8 Å². The Labute approximate surface area is 117 Å². The van der Waals surface area contributed by atoms with Crippen molar-refractivity contribution < 1.29 is 9.47 Å². The van der Waals surface area contributed by atoms with Gasteiger partial charge in [0.1, 0.15) is 0 Å². The van der Waals surface area contributed by atoms with Gasteiger partial charge in [0.05, 0.1) is 26.4 Å². The van der Waals surface area contributed by atoms with E-state index in [0.29, 0.717) is 13.2 Å². The highest BCUT2D eigenvalue weighted by atomic mass is 127. The van der Waals surface area contributed by atoms with Crippen molar-refractivity contribution in [1.82, 2.24) is 5.32 Å². The number of halogens is 1. The highest BCUT2D eigenvalue weighted by Crippen LogP contribution is 1.96. The van der Waals surface area contributed by atoms with Gasteiger partial charge in [0, 0.05) is 17.5 Å². The number of hydrogen-bond acceptors (Lipinski definition) is 3. The first-order chi connectivity index (χ1) is 8.43. The van der Waals surface area contributed by atoms with Crippen LogP contribution in [0.5, 0.6) is 0 Å². The highest BCUT2D eigenvalue weighted by Gasteiger charge is 1.92. The first kappa shape index (κ1) is 14.9. The molecule has 0 radical (unpaired) electrons. The van der Waals surface area contributed by atoms with Crippen LogP contribution < -0.4 is 5.32 Å². The molecule has 0 fully saturated rings. The molecule has 1 aromatic rings. The highest BCUT2D eigenvalue weighted by molar-refractivity contribution is 14.1. The van der Waals surface area contributed by atoms with Gasteiger partial charge in [-0.15, -0.1) is 0 Å². The lowest BCUT2D eigenvalue weighted by Gasteiger charge is -2.06. The molecule has 0 aliphatic heterocycles. The topological polar surface area (TPSA) is 30.5 Å². The van der Waals surface area contributed by atoms with Crippen molar-refractivity contribution in [1.29, 1.82) is 0 Å². The summed E-state index contributed by atoms with van der Waals surface area (Å²) in [6.45, 7) is 4.71. The van der Waals surface area contributed by atoms with Gasteiger partial charge in [-0.3, -0.25) is 0 Å². The molecule has 1 N–H and O–H groups in total. The third-order valence-electron chi connectivity index (χ3n) is 2.19. The van der Waals surface area contributed by atoms with Crippen LogP contribution in [0.15, 0.2) is 30.3 Å². The van der Waals surface area contributed by atoms with Crippen LogP contribution in [0.4, 0.5) is 0 Å². The molecule has 3 nitrogen and oxygen atoms in total. The van der Waals surface area contributed by atoms with Crippen molar-refractivity contribution in [2.75, 3.05) is 37.4 Å². The minimum atomic E-state index is 0.684. The molecular weight excluding hydrogens is 329 g/mol. The molecule has 0 aliphatic rings. The van der Waals surface area contributed by atoms with Gasteiger partial charge in [-0.05, 0) is 5.56 Å². The molecule has 0 unspecified atom stereocenters. The second-order valence-corrected chi connectivity index (χ2v) is 4.65. The third kappa shape index (κ3) is 8.54. The van der Waals surface area contributed by atoms with Crippen LogP contribution in [0.2, 0.25) is 0 Å². The van der Waals surface area contributed by atoms with Gasteiger partial charge in [0.25, 0.3) is 0 Å². The molecule has 0 spiro atoms. The van der Waals surface area contributed by atoms with Crippen molar-refractivity contribution >= 4 is 22.6 Å². The maximum absolute atomic E-state index is 5.43. The normalized spacial score (nSPS) is 10.6. The molecule has 0 aromatic heterocycles. The van der Waals surface area contributed by atoms with Gasteiger partial charge in [-0.2, -0.15) is 0 Å². The number of nitrogens with one attached hydrogen (secondary N) is 1. The number of rotatable bonds is 10. The van der Waals surface area contributed by atoms with E-state index in [1.165, 1.54) is 5.56 Å². The van der Waals surface area contributed by atoms with Crippen molar-refractivity contribution in [3.05, 3.63) is 35.9 Å². The van der Waals surface area contributed by atoms with Gasteiger partial charge >= 0.3 is 0 Å². The average Bonchev–Trinajstić information content (AvgIpc) is 2.38. The first-order valence-corrected chi connectivity index (χ1v) is 7.42. The molecule has 1 rings (SSSR count). The Morgan fingerprint density at radius 1 is 0.941 bits per heavy atom. The summed E-state index contributed by atoms with van der Waals surface area (Å²) in [4.78, 5) is 0. The fourth-order valence-electron chi connectivity index (χ4n) is 1.35. The summed E-state index contributed by atoms with van der Waals surface area (Å²) in [6, 6.07) is 10.4. The van der Waals surface area contributed by atoms with Gasteiger partial charge in [-0.25, -0.2) is 0 Å². The molecule has 0 aliphatic carbocycles. The lowest BCUT2D eigenvalue weighted by Crippen LogP contribution is -2.20. The van der Waals surface area contributed by atoms with E-state index >= 15 is 0 Å². The predicted molar refractivity (Wildman–Crippen MR) is 78.7 cm³/mol. The number of benzene rings is 1. The Morgan fingerprint density at radius 2 is 1.65 bits per heavy atom. The Kier molecular flexibility index (Phi) is 9.59. The lowest BCUT2D eigenvalue weighted by atomic mass is 10.2. The number of ether oxygens (including phenoxy) is 2. The van der Waals surface area contributed by atoms with E-state index in [1.54, 1.807) is 0 Å². The van der Waals surface area contributed by atoms with Crippen LogP contribution in [0.25, 0.3) is 0 Å². The van der Waals surface area contributed by atoms with E-state index in [1.807, 2.05) is 6.07 Å². The molecule has 17 heavy (non-hydrogen) atoms. The Morgan fingerprint density at radius 3 is 2.35 bits per heavy atom. The molecule has 0 bridgehead atoms. The second-order valence-electron chi connectivity index (χ2n) is 3.58. The maximum atomic E-state index is 5.43. The second kappa shape index (κ2) is 11.0. The van der Waals surface area contributed by atoms with Gasteiger partial charge in [-0.1, -0.05) is 52.9 Å². The summed E-state index contributed by atoms with van der Waals surface area (Å²) in [5, 5.41) is 3.34. The SMILES string of the molecule is ICCOCCOCCNCc1ccccc1. The van der Waals surface area contributed by atoms with Crippen molar-refractivity contribution in [3.8, 4) is 0 Å². The Hall–Kier alpha value is -0.170. The van der Waals surface area contributed by atoms with Crippen LogP contribution in [0.1, 0.15) is 5.56 Å². The molecular formula is C13H20INO2. The fraction of sp³-hybridized carbons (Fsp3) is 0.538. The van der Waals surface area contributed by atoms with E-state index in [9.17, 15) is 0 Å². The average molecular weight is 349 g/mol. The van der Waals surface area contributed by atoms with Crippen molar-refractivity contribution in [2.24, 2.45) is 0 Å². The van der Waals surface area contributed by atoms with Crippen LogP contribution in [-0.4, -0.2) is 37.4 Å². The fourth-order valence-corrected chi connectivity index (χ4v) is 1.66. The quantitative estimate of drug-likeness (QED) is 0.399. The van der Waals surface area contributed by atoms with Crippen LogP contribution in [0.3, 0.4) is 0 Å². The zero-order valence-corrected chi connectivity index (χ0v) is 12.2. The summed E-state index contributed by atoms with van der Waals surface area (Å²) in [6.07, 6.45) is 0. The zero-order chi connectivity index (χ0) is 12.2. The monoisotopic (exact) mass is 349 g/mol. The smallest absolute Gasteiger partial charge is 0.0701 e. The van der Waals surface area contributed by atoms with Gasteiger partial charge in [0.15, 0.2) is 0 Å². The van der Waals surface area contributed by atoms with E-state index in [2.05, 4.69) is 52.2 Å². The molecule has 0 heterocycles. The molecule has 0 amide bonds. The molecule has 1 aromatic carbocycles. The van der Waals surface area contributed by atoms with E-state index in [0.717, 1.165) is 30.7 Å². The first-order valence-electron chi connectivity index (χ1n) is 5.89. The summed E-state index contributed by atoms with van der Waals surface area (Å²) < 4.78 is 11.8. The number of alkyl halides is 1. The lowest BCUT2D eigenvalue weighted by molar-refractivity contribution is 0.0555. The van der Waals surface area contributed by atoms with Crippen LogP contribution >= 0.6 is 22.6 Å². The van der Waals surface area contributed by atoms with Crippen molar-refractivity contribution in [3.63, 3.8) is 0 Å². The molecule has 4 heteroatoms. The summed E-state index contributed by atoms with van der Waals surface area (Å²) in [7, 11) is 0. The van der Waals surface area contributed by atoms with E-state index < -0.39 is 0 Å². The van der Waals surface area contributed by atoms with Gasteiger partial charge in [0.2, 0.25) is 0 Å². The standard InChI is InChI=1S/C13H20INO2/c14-6-8-16-10-11-17-9-7-15-12-13-4-2-1-3-5-13/h1-5,15H,6-12H2. The predicted octanol–water partition coefficient (Wildman–Crippen LogP) is 2.24. The maximum Gasteiger partial charge on any atom is 0.0701 e. The van der Waals surface area contributed by atoms with Crippen LogP contribution in [0, 0.1) is 0 Å². The van der Waals surface area contributed by atoms with Crippen molar-refractivity contribution in [2.45, 2.75) is 6.54 Å². The molecule has 0 saturated heterocycles. The molecule has 0 saturated carbocycles. The Bertz CT molecular complexity index is 269. The third-order valence-corrected chi connectivity index (χ3v) is 2.63. The molecule has 96 valence electrons. The summed E-state index contributed by atoms with van der Waals surface area (Å²) in [5.74, 6) is 0. The zero-order valence-electron chi connectivity index (χ0n) is 10.0. The largest absolute Gasteiger partial charge is 0.378 e. The summed E-state index contributed by atoms with van der Waals surface area (Å²) in [5.41, 5.74) is 1.30. The minimum absolute atomic E-state index is 0.684. The van der Waals surface area contributed by atoms with E-state index in [4.69, 9.17) is 9.47 Å². The van der Waals surface area contributed by atoms with Crippen LogP contribution in [-0.2, 0) is 16.0 Å². The Balaban J connectivity index is 1.85. The summed E-state index contributed by atoms with van der Waals surface area (Å²) >= 11 is 2.30. The molecule has 0 atom stereocenters. The van der Waals surface area contributed by atoms with E-state index in [-0.39, 0.29) is 0 Å². The minimum Gasteiger partial charge on any atom is -0.378 e. The number of hydrogen-bond donors (Lipinski definition) is 1.